The van der Waals surface area contributed by atoms with Crippen LogP contribution in [0.5, 0.6) is 5.75 Å². The minimum Gasteiger partial charge on any atom is -0.507 e. The Morgan fingerprint density at radius 2 is 1.91 bits per heavy atom. The number of carbonyl (C=O) groups excluding carboxylic acids is 1. The molecule has 2 aromatic rings. The molecule has 112 valence electrons. The van der Waals surface area contributed by atoms with E-state index in [1.54, 1.807) is 12.1 Å². The van der Waals surface area contributed by atoms with E-state index in [0.717, 1.165) is 30.0 Å². The molecule has 3 rings (SSSR count). The van der Waals surface area contributed by atoms with Crippen LogP contribution in [0.1, 0.15) is 29.6 Å². The lowest BCUT2D eigenvalue weighted by Gasteiger charge is -2.11. The molecule has 0 saturated carbocycles. The zero-order valence-corrected chi connectivity index (χ0v) is 12.2. The molecule has 1 aliphatic rings. The number of aromatic hydroxyl groups is 1. The van der Waals surface area contributed by atoms with Gasteiger partial charge in [-0.2, -0.15) is 0 Å². The van der Waals surface area contributed by atoms with Gasteiger partial charge in [-0.3, -0.25) is 10.2 Å². The van der Waals surface area contributed by atoms with Gasteiger partial charge in [0, 0.05) is 6.20 Å². The van der Waals surface area contributed by atoms with Crippen molar-refractivity contribution in [1.82, 2.24) is 10.9 Å². The fraction of sp³-hybridized carbons (Fsp3) is 0.167. The molecular formula is C18H18N2O2. The lowest BCUT2D eigenvalue weighted by molar-refractivity contribution is 0.0938. The third-order valence-electron chi connectivity index (χ3n) is 3.75. The number of hydrogen-bond donors (Lipinski definition) is 3. The van der Waals surface area contributed by atoms with Gasteiger partial charge in [-0.25, -0.2) is 0 Å². The number of phenolic OH excluding ortho intramolecular Hbond substituents is 1. The van der Waals surface area contributed by atoms with Gasteiger partial charge in [0.2, 0.25) is 0 Å². The lowest BCUT2D eigenvalue weighted by atomic mass is 10.0. The standard InChI is InChI=1S/C18H18N2O2/c21-17-11-15-9-5-4-8-14(15)10-16(17)18(22)20-19-12-13-6-2-1-3-7-13/h1-2,4-5,8-12,19,21H,3,6-7H2,(H,20,22)/b13-12+. The molecule has 22 heavy (non-hydrogen) atoms. The van der Waals surface area contributed by atoms with Crippen molar-refractivity contribution < 1.29 is 9.90 Å². The van der Waals surface area contributed by atoms with Crippen molar-refractivity contribution >= 4 is 16.7 Å². The highest BCUT2D eigenvalue weighted by atomic mass is 16.3. The second-order valence-corrected chi connectivity index (χ2v) is 5.33. The van der Waals surface area contributed by atoms with Gasteiger partial charge in [0.1, 0.15) is 5.75 Å². The number of amides is 1. The summed E-state index contributed by atoms with van der Waals surface area (Å²) in [5, 5.41) is 11.8. The molecule has 0 heterocycles. The Morgan fingerprint density at radius 3 is 2.64 bits per heavy atom. The van der Waals surface area contributed by atoms with Gasteiger partial charge in [-0.05, 0) is 47.7 Å². The largest absolute Gasteiger partial charge is 0.507 e. The van der Waals surface area contributed by atoms with Crippen molar-refractivity contribution in [1.29, 1.82) is 0 Å². The molecule has 3 N–H and O–H groups in total. The smallest absolute Gasteiger partial charge is 0.273 e. The average Bonchev–Trinajstić information content (AvgIpc) is 2.55. The van der Waals surface area contributed by atoms with Crippen LogP contribution in [-0.4, -0.2) is 11.0 Å². The molecule has 1 amide bonds. The third-order valence-corrected chi connectivity index (χ3v) is 3.75. The molecule has 4 heteroatoms. The molecule has 4 nitrogen and oxygen atoms in total. The number of fused-ring (bicyclic) bond motifs is 1. The van der Waals surface area contributed by atoms with Gasteiger partial charge < -0.3 is 10.5 Å². The molecule has 0 atom stereocenters. The van der Waals surface area contributed by atoms with E-state index in [1.807, 2.05) is 30.5 Å². The summed E-state index contributed by atoms with van der Waals surface area (Å²) in [5.74, 6) is -0.377. The first kappa shape index (κ1) is 14.2. The summed E-state index contributed by atoms with van der Waals surface area (Å²) in [5.41, 5.74) is 6.92. The number of benzene rings is 2. The van der Waals surface area contributed by atoms with E-state index >= 15 is 0 Å². The number of allylic oxidation sites excluding steroid dienone is 3. The molecule has 0 unspecified atom stereocenters. The van der Waals surface area contributed by atoms with E-state index in [1.165, 1.54) is 5.57 Å². The van der Waals surface area contributed by atoms with Crippen LogP contribution in [0.4, 0.5) is 0 Å². The number of rotatable bonds is 3. The van der Waals surface area contributed by atoms with Crippen LogP contribution in [-0.2, 0) is 0 Å². The number of hydrazine groups is 1. The highest BCUT2D eigenvalue weighted by Crippen LogP contribution is 2.24. The van der Waals surface area contributed by atoms with Crippen molar-refractivity contribution in [3.05, 3.63) is 65.9 Å². The lowest BCUT2D eigenvalue weighted by Crippen LogP contribution is -2.33. The van der Waals surface area contributed by atoms with Crippen molar-refractivity contribution in [2.75, 3.05) is 0 Å². The fourth-order valence-corrected chi connectivity index (χ4v) is 2.54. The van der Waals surface area contributed by atoms with Gasteiger partial charge >= 0.3 is 0 Å². The van der Waals surface area contributed by atoms with Crippen molar-refractivity contribution in [3.63, 3.8) is 0 Å². The maximum atomic E-state index is 12.2. The predicted octanol–water partition coefficient (Wildman–Crippen LogP) is 3.40. The Kier molecular flexibility index (Phi) is 4.10. The molecule has 0 fully saturated rings. The highest BCUT2D eigenvalue weighted by molar-refractivity contribution is 6.01. The zero-order valence-electron chi connectivity index (χ0n) is 12.2. The van der Waals surface area contributed by atoms with E-state index in [4.69, 9.17) is 0 Å². The zero-order chi connectivity index (χ0) is 15.4. The topological polar surface area (TPSA) is 61.4 Å². The van der Waals surface area contributed by atoms with Crippen LogP contribution in [0.15, 0.2) is 60.3 Å². The summed E-state index contributed by atoms with van der Waals surface area (Å²) in [7, 11) is 0. The van der Waals surface area contributed by atoms with Crippen LogP contribution >= 0.6 is 0 Å². The minimum atomic E-state index is -0.355. The third kappa shape index (κ3) is 3.11. The molecule has 0 aromatic heterocycles. The van der Waals surface area contributed by atoms with Gasteiger partial charge in [-0.15, -0.1) is 0 Å². The van der Waals surface area contributed by atoms with E-state index in [2.05, 4.69) is 23.0 Å². The SMILES string of the molecule is O=C(NN/C=C1\CC=CCC1)c1cc2ccccc2cc1O. The van der Waals surface area contributed by atoms with Gasteiger partial charge in [0.05, 0.1) is 5.56 Å². The van der Waals surface area contributed by atoms with Crippen LogP contribution in [0, 0.1) is 0 Å². The molecule has 0 spiro atoms. The second kappa shape index (κ2) is 6.35. The van der Waals surface area contributed by atoms with Gasteiger partial charge in [0.25, 0.3) is 5.91 Å². The highest BCUT2D eigenvalue weighted by Gasteiger charge is 2.11. The summed E-state index contributed by atoms with van der Waals surface area (Å²) < 4.78 is 0. The number of phenols is 1. The molecule has 0 aliphatic heterocycles. The summed E-state index contributed by atoms with van der Waals surface area (Å²) in [6, 6.07) is 10.9. The summed E-state index contributed by atoms with van der Waals surface area (Å²) in [6.07, 6.45) is 9.04. The second-order valence-electron chi connectivity index (χ2n) is 5.33. The summed E-state index contributed by atoms with van der Waals surface area (Å²) >= 11 is 0. The number of hydrogen-bond acceptors (Lipinski definition) is 3. The van der Waals surface area contributed by atoms with Crippen molar-refractivity contribution in [2.45, 2.75) is 19.3 Å². The maximum absolute atomic E-state index is 12.2. The van der Waals surface area contributed by atoms with Crippen LogP contribution < -0.4 is 10.9 Å². The average molecular weight is 294 g/mol. The van der Waals surface area contributed by atoms with E-state index in [-0.39, 0.29) is 17.2 Å². The fourth-order valence-electron chi connectivity index (χ4n) is 2.54. The first-order valence-electron chi connectivity index (χ1n) is 7.34. The Labute approximate surface area is 129 Å². The summed E-state index contributed by atoms with van der Waals surface area (Å²) in [4.78, 5) is 12.2. The Bertz CT molecular complexity index is 763. The molecule has 0 radical (unpaired) electrons. The number of nitrogens with one attached hydrogen (secondary N) is 2. The number of carbonyl (C=O) groups is 1. The quantitative estimate of drug-likeness (QED) is 0.600. The monoisotopic (exact) mass is 294 g/mol. The first-order valence-corrected chi connectivity index (χ1v) is 7.34. The van der Waals surface area contributed by atoms with E-state index < -0.39 is 0 Å². The maximum Gasteiger partial charge on any atom is 0.273 e. The predicted molar refractivity (Wildman–Crippen MR) is 87.3 cm³/mol. The van der Waals surface area contributed by atoms with Crippen molar-refractivity contribution in [2.24, 2.45) is 0 Å². The summed E-state index contributed by atoms with van der Waals surface area (Å²) in [6.45, 7) is 0. The van der Waals surface area contributed by atoms with Crippen LogP contribution in [0.2, 0.25) is 0 Å². The Hall–Kier alpha value is -2.75. The molecular weight excluding hydrogens is 276 g/mol. The molecule has 2 aromatic carbocycles. The normalized spacial score (nSPS) is 15.9. The van der Waals surface area contributed by atoms with Gasteiger partial charge in [0.15, 0.2) is 0 Å². The van der Waals surface area contributed by atoms with Crippen molar-refractivity contribution in [3.8, 4) is 5.75 Å². The Balaban J connectivity index is 1.72. The Morgan fingerprint density at radius 1 is 1.14 bits per heavy atom. The van der Waals surface area contributed by atoms with Gasteiger partial charge in [-0.1, -0.05) is 36.4 Å². The minimum absolute atomic E-state index is 0.0220. The molecule has 0 bridgehead atoms. The molecule has 1 aliphatic carbocycles. The molecule has 0 saturated heterocycles. The first-order chi connectivity index (χ1) is 10.7. The van der Waals surface area contributed by atoms with Crippen LogP contribution in [0.25, 0.3) is 10.8 Å². The van der Waals surface area contributed by atoms with E-state index in [0.29, 0.717) is 0 Å². The van der Waals surface area contributed by atoms with Crippen LogP contribution in [0.3, 0.4) is 0 Å². The van der Waals surface area contributed by atoms with E-state index in [9.17, 15) is 9.90 Å².